The maximum atomic E-state index is 12.8. The van der Waals surface area contributed by atoms with Crippen molar-refractivity contribution in [1.82, 2.24) is 9.91 Å². The van der Waals surface area contributed by atoms with Crippen molar-refractivity contribution in [1.29, 1.82) is 0 Å². The number of carbonyl (C=O) groups is 2. The Balaban J connectivity index is 1.92. The largest absolute Gasteiger partial charge is 0.342 e. The van der Waals surface area contributed by atoms with Crippen LogP contribution in [0.2, 0.25) is 10.0 Å². The van der Waals surface area contributed by atoms with Crippen LogP contribution in [0.5, 0.6) is 0 Å². The van der Waals surface area contributed by atoms with Gasteiger partial charge >= 0.3 is 6.03 Å². The number of nitrogens with one attached hydrogen (secondary N) is 1. The van der Waals surface area contributed by atoms with E-state index >= 15 is 0 Å². The predicted octanol–water partition coefficient (Wildman–Crippen LogP) is 4.48. The number of urea groups is 1. The third-order valence-corrected chi connectivity index (χ3v) is 5.35. The Bertz CT molecular complexity index is 928. The van der Waals surface area contributed by atoms with Crippen LogP contribution >= 0.6 is 23.2 Å². The van der Waals surface area contributed by atoms with E-state index in [1.54, 1.807) is 48.3 Å². The molecule has 28 heavy (non-hydrogen) atoms. The molecule has 1 aliphatic heterocycles. The van der Waals surface area contributed by atoms with Gasteiger partial charge in [-0.05, 0) is 43.3 Å². The number of likely N-dealkylation sites (N-methyl/N-ethyl adjacent to an activating group) is 1. The fraction of sp³-hybridized carbons (Fsp3) is 0.250. The van der Waals surface area contributed by atoms with Gasteiger partial charge in [-0.1, -0.05) is 35.3 Å². The molecule has 3 amide bonds. The number of amides is 3. The van der Waals surface area contributed by atoms with Gasteiger partial charge in [-0.15, -0.1) is 0 Å². The topological polar surface area (TPSA) is 65.0 Å². The predicted molar refractivity (Wildman–Crippen MR) is 112 cm³/mol. The van der Waals surface area contributed by atoms with E-state index in [0.29, 0.717) is 21.4 Å². The molecule has 146 valence electrons. The van der Waals surface area contributed by atoms with Gasteiger partial charge in [0, 0.05) is 35.3 Å². The number of hydrogen-bond donors (Lipinski definition) is 1. The average Bonchev–Trinajstić information content (AvgIpc) is 3.02. The normalized spacial score (nSPS) is 18.6. The summed E-state index contributed by atoms with van der Waals surface area (Å²) in [5.41, 5.74) is 1.23. The number of rotatable bonds is 3. The Kier molecular flexibility index (Phi) is 5.63. The standard InChI is InChI=1S/C20H20Cl2N4O2/c1-13(27)25(3)20(2)12-26(19(28)23-17-10-8-16(22)9-11-17)24-18(20)14-4-6-15(21)7-5-14/h4-11H,12H2,1-3H3,(H,23,28). The van der Waals surface area contributed by atoms with E-state index in [9.17, 15) is 9.59 Å². The fourth-order valence-electron chi connectivity index (χ4n) is 3.06. The van der Waals surface area contributed by atoms with Crippen LogP contribution in [-0.2, 0) is 4.79 Å². The Morgan fingerprint density at radius 2 is 1.61 bits per heavy atom. The first kappa shape index (κ1) is 20.2. The van der Waals surface area contributed by atoms with E-state index in [1.807, 2.05) is 19.1 Å². The van der Waals surface area contributed by atoms with Crippen LogP contribution in [-0.4, -0.2) is 46.7 Å². The molecule has 3 rings (SSSR count). The average molecular weight is 419 g/mol. The van der Waals surface area contributed by atoms with Crippen molar-refractivity contribution >= 4 is 46.5 Å². The highest BCUT2D eigenvalue weighted by molar-refractivity contribution is 6.31. The molecule has 0 saturated heterocycles. The second-order valence-corrected chi connectivity index (χ2v) is 7.67. The van der Waals surface area contributed by atoms with Crippen molar-refractivity contribution in [3.8, 4) is 0 Å². The van der Waals surface area contributed by atoms with E-state index in [-0.39, 0.29) is 12.5 Å². The van der Waals surface area contributed by atoms with Gasteiger partial charge in [0.25, 0.3) is 0 Å². The van der Waals surface area contributed by atoms with Crippen molar-refractivity contribution in [2.24, 2.45) is 5.10 Å². The molecule has 2 aromatic carbocycles. The molecule has 6 nitrogen and oxygen atoms in total. The van der Waals surface area contributed by atoms with E-state index in [1.165, 1.54) is 11.9 Å². The minimum Gasteiger partial charge on any atom is -0.333 e. The Morgan fingerprint density at radius 1 is 1.07 bits per heavy atom. The van der Waals surface area contributed by atoms with Crippen molar-refractivity contribution in [2.45, 2.75) is 19.4 Å². The number of hydrogen-bond acceptors (Lipinski definition) is 3. The molecule has 0 bridgehead atoms. The monoisotopic (exact) mass is 418 g/mol. The van der Waals surface area contributed by atoms with Crippen LogP contribution in [0.3, 0.4) is 0 Å². The number of benzene rings is 2. The number of nitrogens with zero attached hydrogens (tertiary/aromatic N) is 3. The molecule has 1 unspecified atom stereocenters. The molecule has 0 fully saturated rings. The summed E-state index contributed by atoms with van der Waals surface area (Å²) < 4.78 is 0. The summed E-state index contributed by atoms with van der Waals surface area (Å²) in [6, 6.07) is 13.6. The number of carbonyl (C=O) groups excluding carboxylic acids is 2. The van der Waals surface area contributed by atoms with Crippen molar-refractivity contribution < 1.29 is 9.59 Å². The second-order valence-electron chi connectivity index (χ2n) is 6.80. The summed E-state index contributed by atoms with van der Waals surface area (Å²) in [5.74, 6) is -0.121. The summed E-state index contributed by atoms with van der Waals surface area (Å²) in [7, 11) is 1.70. The van der Waals surface area contributed by atoms with Gasteiger partial charge in [0.05, 0.1) is 12.3 Å². The molecule has 1 atom stereocenters. The highest BCUT2D eigenvalue weighted by atomic mass is 35.5. The molecular weight excluding hydrogens is 399 g/mol. The third-order valence-electron chi connectivity index (χ3n) is 4.85. The maximum Gasteiger partial charge on any atom is 0.342 e. The third kappa shape index (κ3) is 3.98. The zero-order chi connectivity index (χ0) is 20.5. The second kappa shape index (κ2) is 7.81. The highest BCUT2D eigenvalue weighted by Gasteiger charge is 2.45. The van der Waals surface area contributed by atoms with Crippen LogP contribution in [0, 0.1) is 0 Å². The minimum absolute atomic E-state index is 0.121. The minimum atomic E-state index is -0.781. The summed E-state index contributed by atoms with van der Waals surface area (Å²) in [6.07, 6.45) is 0. The van der Waals surface area contributed by atoms with Gasteiger partial charge in [0.15, 0.2) is 0 Å². The van der Waals surface area contributed by atoms with Crippen molar-refractivity contribution in [3.63, 3.8) is 0 Å². The number of halogens is 2. The smallest absolute Gasteiger partial charge is 0.333 e. The number of anilines is 1. The van der Waals surface area contributed by atoms with E-state index in [4.69, 9.17) is 23.2 Å². The lowest BCUT2D eigenvalue weighted by atomic mass is 9.89. The molecule has 1 aliphatic rings. The van der Waals surface area contributed by atoms with Gasteiger partial charge in [-0.2, -0.15) is 5.10 Å². The lowest BCUT2D eigenvalue weighted by molar-refractivity contribution is -0.130. The summed E-state index contributed by atoms with van der Waals surface area (Å²) >= 11 is 11.9. The Labute approximate surface area is 173 Å². The van der Waals surface area contributed by atoms with E-state index in [0.717, 1.165) is 5.56 Å². The van der Waals surface area contributed by atoms with Gasteiger partial charge in [-0.3, -0.25) is 4.79 Å². The SMILES string of the molecule is CC(=O)N(C)C1(C)CN(C(=O)Nc2ccc(Cl)cc2)N=C1c1ccc(Cl)cc1. The van der Waals surface area contributed by atoms with Gasteiger partial charge in [0.2, 0.25) is 5.91 Å². The first-order chi connectivity index (χ1) is 13.2. The quantitative estimate of drug-likeness (QED) is 0.797. The summed E-state index contributed by atoms with van der Waals surface area (Å²) in [4.78, 5) is 26.4. The van der Waals surface area contributed by atoms with Crippen molar-refractivity contribution in [2.75, 3.05) is 18.9 Å². The van der Waals surface area contributed by atoms with Gasteiger partial charge in [-0.25, -0.2) is 9.80 Å². The summed E-state index contributed by atoms with van der Waals surface area (Å²) in [5, 5.41) is 9.84. The van der Waals surface area contributed by atoms with Crippen LogP contribution < -0.4 is 5.32 Å². The van der Waals surface area contributed by atoms with E-state index < -0.39 is 11.6 Å². The number of hydrazone groups is 1. The van der Waals surface area contributed by atoms with Gasteiger partial charge < -0.3 is 10.2 Å². The Hall–Kier alpha value is -2.57. The zero-order valence-electron chi connectivity index (χ0n) is 15.7. The molecular formula is C20H20Cl2N4O2. The molecule has 1 N–H and O–H groups in total. The molecule has 0 saturated carbocycles. The molecule has 0 spiro atoms. The molecule has 0 radical (unpaired) electrons. The molecule has 1 heterocycles. The van der Waals surface area contributed by atoms with Crippen LogP contribution in [0.4, 0.5) is 10.5 Å². The maximum absolute atomic E-state index is 12.8. The fourth-order valence-corrected chi connectivity index (χ4v) is 3.31. The molecule has 2 aromatic rings. The lowest BCUT2D eigenvalue weighted by Crippen LogP contribution is -2.55. The first-order valence-corrected chi connectivity index (χ1v) is 9.40. The highest BCUT2D eigenvalue weighted by Crippen LogP contribution is 2.29. The lowest BCUT2D eigenvalue weighted by Gasteiger charge is -2.35. The summed E-state index contributed by atoms with van der Waals surface area (Å²) in [6.45, 7) is 3.60. The van der Waals surface area contributed by atoms with Gasteiger partial charge in [0.1, 0.15) is 5.54 Å². The van der Waals surface area contributed by atoms with Crippen LogP contribution in [0.25, 0.3) is 0 Å². The molecule has 0 aliphatic carbocycles. The van der Waals surface area contributed by atoms with E-state index in [2.05, 4.69) is 10.4 Å². The molecule has 0 aromatic heterocycles. The molecule has 8 heteroatoms. The zero-order valence-corrected chi connectivity index (χ0v) is 17.3. The van der Waals surface area contributed by atoms with Crippen molar-refractivity contribution in [3.05, 3.63) is 64.1 Å². The Morgan fingerprint density at radius 3 is 2.14 bits per heavy atom. The van der Waals surface area contributed by atoms with Crippen LogP contribution in [0.15, 0.2) is 53.6 Å². The first-order valence-electron chi connectivity index (χ1n) is 8.64. The van der Waals surface area contributed by atoms with Crippen LogP contribution in [0.1, 0.15) is 19.4 Å².